The van der Waals surface area contributed by atoms with E-state index in [9.17, 15) is 9.59 Å². The van der Waals surface area contributed by atoms with Gasteiger partial charge in [-0.15, -0.1) is 0 Å². The maximum atomic E-state index is 12.8. The molecule has 1 unspecified atom stereocenters. The van der Waals surface area contributed by atoms with Gasteiger partial charge in [0.2, 0.25) is 5.91 Å². The SMILES string of the molecule is N#Cc1cccc(C2CCN(C(=O)C3CCCN(C(N)=O)C3)CC2)c1. The first-order chi connectivity index (χ1) is 12.1. The number of urea groups is 1. The van der Waals surface area contributed by atoms with Gasteiger partial charge in [-0.05, 0) is 49.3 Å². The fourth-order valence-electron chi connectivity index (χ4n) is 3.93. The molecule has 3 amide bonds. The van der Waals surface area contributed by atoms with Crippen molar-refractivity contribution in [3.05, 3.63) is 35.4 Å². The predicted octanol–water partition coefficient (Wildman–Crippen LogP) is 2.05. The molecule has 0 spiro atoms. The fraction of sp³-hybridized carbons (Fsp3) is 0.526. The highest BCUT2D eigenvalue weighted by Gasteiger charge is 2.32. The number of likely N-dealkylation sites (tertiary alicyclic amines) is 2. The molecule has 2 heterocycles. The summed E-state index contributed by atoms with van der Waals surface area (Å²) in [6, 6.07) is 9.50. The molecular formula is C19H24N4O2. The molecule has 1 aromatic carbocycles. The molecule has 0 aliphatic carbocycles. The van der Waals surface area contributed by atoms with Crippen molar-refractivity contribution in [1.82, 2.24) is 9.80 Å². The number of hydrogen-bond donors (Lipinski definition) is 1. The van der Waals surface area contributed by atoms with Gasteiger partial charge in [-0.2, -0.15) is 5.26 Å². The van der Waals surface area contributed by atoms with Gasteiger partial charge < -0.3 is 15.5 Å². The Bertz CT molecular complexity index is 689. The van der Waals surface area contributed by atoms with Crippen LogP contribution in [0, 0.1) is 17.2 Å². The monoisotopic (exact) mass is 340 g/mol. The second kappa shape index (κ2) is 7.56. The molecule has 2 fully saturated rings. The van der Waals surface area contributed by atoms with Crippen molar-refractivity contribution in [1.29, 1.82) is 5.26 Å². The maximum absolute atomic E-state index is 12.8. The summed E-state index contributed by atoms with van der Waals surface area (Å²) in [5.41, 5.74) is 7.22. The molecule has 1 atom stereocenters. The molecule has 2 aliphatic heterocycles. The molecule has 0 saturated carbocycles. The van der Waals surface area contributed by atoms with E-state index < -0.39 is 6.03 Å². The van der Waals surface area contributed by atoms with E-state index in [0.717, 1.165) is 38.8 Å². The van der Waals surface area contributed by atoms with Crippen LogP contribution in [0.4, 0.5) is 4.79 Å². The summed E-state index contributed by atoms with van der Waals surface area (Å²) >= 11 is 0. The van der Waals surface area contributed by atoms with Crippen LogP contribution < -0.4 is 5.73 Å². The van der Waals surface area contributed by atoms with E-state index in [1.165, 1.54) is 5.56 Å². The highest BCUT2D eigenvalue weighted by atomic mass is 16.2. The Morgan fingerprint density at radius 3 is 2.56 bits per heavy atom. The Balaban J connectivity index is 1.57. The van der Waals surface area contributed by atoms with Gasteiger partial charge in [0.1, 0.15) is 0 Å². The molecule has 0 radical (unpaired) electrons. The number of benzene rings is 1. The molecular weight excluding hydrogens is 316 g/mol. The van der Waals surface area contributed by atoms with E-state index in [1.54, 1.807) is 4.90 Å². The van der Waals surface area contributed by atoms with Crippen LogP contribution in [0.5, 0.6) is 0 Å². The molecule has 2 N–H and O–H groups in total. The average molecular weight is 340 g/mol. The number of primary amides is 1. The van der Waals surface area contributed by atoms with Gasteiger partial charge in [0.05, 0.1) is 17.6 Å². The molecule has 6 nitrogen and oxygen atoms in total. The molecule has 0 bridgehead atoms. The molecule has 1 aromatic rings. The average Bonchev–Trinajstić information content (AvgIpc) is 2.67. The largest absolute Gasteiger partial charge is 0.351 e. The summed E-state index contributed by atoms with van der Waals surface area (Å²) in [6.07, 6.45) is 3.48. The summed E-state index contributed by atoms with van der Waals surface area (Å²) < 4.78 is 0. The smallest absolute Gasteiger partial charge is 0.314 e. The van der Waals surface area contributed by atoms with Crippen LogP contribution in [-0.4, -0.2) is 47.9 Å². The highest BCUT2D eigenvalue weighted by molar-refractivity contribution is 5.80. The van der Waals surface area contributed by atoms with Crippen molar-refractivity contribution < 1.29 is 9.59 Å². The second-order valence-electron chi connectivity index (χ2n) is 6.96. The lowest BCUT2D eigenvalue weighted by atomic mass is 9.87. The number of nitrogens with zero attached hydrogens (tertiary/aromatic N) is 3. The molecule has 25 heavy (non-hydrogen) atoms. The van der Waals surface area contributed by atoms with Crippen molar-refractivity contribution >= 4 is 11.9 Å². The van der Waals surface area contributed by atoms with Crippen molar-refractivity contribution in [3.63, 3.8) is 0 Å². The van der Waals surface area contributed by atoms with Crippen LogP contribution in [0.2, 0.25) is 0 Å². The Kier molecular flexibility index (Phi) is 5.22. The van der Waals surface area contributed by atoms with Gasteiger partial charge in [-0.3, -0.25) is 4.79 Å². The lowest BCUT2D eigenvalue weighted by molar-refractivity contribution is -0.138. The summed E-state index contributed by atoms with van der Waals surface area (Å²) in [5, 5.41) is 9.04. The minimum absolute atomic E-state index is 0.125. The fourth-order valence-corrected chi connectivity index (χ4v) is 3.93. The first kappa shape index (κ1) is 17.3. The lowest BCUT2D eigenvalue weighted by Gasteiger charge is -2.37. The summed E-state index contributed by atoms with van der Waals surface area (Å²) in [6.45, 7) is 2.55. The molecule has 2 saturated heterocycles. The van der Waals surface area contributed by atoms with E-state index in [1.807, 2.05) is 23.1 Å². The molecule has 132 valence electrons. The third-order valence-electron chi connectivity index (χ3n) is 5.38. The second-order valence-corrected chi connectivity index (χ2v) is 6.96. The first-order valence-corrected chi connectivity index (χ1v) is 8.91. The highest BCUT2D eigenvalue weighted by Crippen LogP contribution is 2.30. The molecule has 2 aliphatic rings. The third kappa shape index (κ3) is 3.93. The zero-order chi connectivity index (χ0) is 17.8. The van der Waals surface area contributed by atoms with Crippen LogP contribution in [-0.2, 0) is 4.79 Å². The van der Waals surface area contributed by atoms with E-state index in [2.05, 4.69) is 12.1 Å². The minimum Gasteiger partial charge on any atom is -0.351 e. The van der Waals surface area contributed by atoms with Gasteiger partial charge in [-0.1, -0.05) is 12.1 Å². The van der Waals surface area contributed by atoms with Crippen molar-refractivity contribution in [3.8, 4) is 6.07 Å². The van der Waals surface area contributed by atoms with E-state index in [-0.39, 0.29) is 11.8 Å². The number of carbonyl (C=O) groups excluding carboxylic acids is 2. The van der Waals surface area contributed by atoms with Crippen LogP contribution in [0.25, 0.3) is 0 Å². The quantitative estimate of drug-likeness (QED) is 0.893. The van der Waals surface area contributed by atoms with Crippen molar-refractivity contribution in [2.45, 2.75) is 31.6 Å². The van der Waals surface area contributed by atoms with Crippen molar-refractivity contribution in [2.24, 2.45) is 11.7 Å². The Hall–Kier alpha value is -2.55. The first-order valence-electron chi connectivity index (χ1n) is 8.91. The Labute approximate surface area is 148 Å². The van der Waals surface area contributed by atoms with E-state index in [4.69, 9.17) is 11.0 Å². The maximum Gasteiger partial charge on any atom is 0.314 e. The number of amides is 3. The summed E-state index contributed by atoms with van der Waals surface area (Å²) in [5.74, 6) is 0.417. The number of piperidine rings is 2. The third-order valence-corrected chi connectivity index (χ3v) is 5.38. The zero-order valence-electron chi connectivity index (χ0n) is 14.4. The number of nitriles is 1. The van der Waals surface area contributed by atoms with E-state index in [0.29, 0.717) is 24.6 Å². The number of nitrogens with two attached hydrogens (primary N) is 1. The molecule has 6 heteroatoms. The van der Waals surface area contributed by atoms with E-state index >= 15 is 0 Å². The van der Waals surface area contributed by atoms with Crippen LogP contribution in [0.3, 0.4) is 0 Å². The van der Waals surface area contributed by atoms with Gasteiger partial charge in [0.25, 0.3) is 0 Å². The topological polar surface area (TPSA) is 90.4 Å². The van der Waals surface area contributed by atoms with Gasteiger partial charge in [-0.25, -0.2) is 4.79 Å². The zero-order valence-corrected chi connectivity index (χ0v) is 14.4. The number of carbonyl (C=O) groups is 2. The number of rotatable bonds is 2. The van der Waals surface area contributed by atoms with Crippen LogP contribution in [0.15, 0.2) is 24.3 Å². The Morgan fingerprint density at radius 1 is 1.12 bits per heavy atom. The molecule has 0 aromatic heterocycles. The normalized spacial score (nSPS) is 21.6. The lowest BCUT2D eigenvalue weighted by Crippen LogP contribution is -2.49. The standard InChI is InChI=1S/C19H24N4O2/c20-12-14-3-1-4-16(11-14)15-6-9-22(10-7-15)18(24)17-5-2-8-23(13-17)19(21)25/h1,3-4,11,15,17H,2,5-10,13H2,(H2,21,25). The minimum atomic E-state index is -0.436. The van der Waals surface area contributed by atoms with Crippen LogP contribution in [0.1, 0.15) is 42.7 Å². The summed E-state index contributed by atoms with van der Waals surface area (Å²) in [7, 11) is 0. The molecule has 3 rings (SSSR count). The van der Waals surface area contributed by atoms with Gasteiger partial charge in [0.15, 0.2) is 0 Å². The van der Waals surface area contributed by atoms with Crippen molar-refractivity contribution in [2.75, 3.05) is 26.2 Å². The Morgan fingerprint density at radius 2 is 1.88 bits per heavy atom. The summed E-state index contributed by atoms with van der Waals surface area (Å²) in [4.78, 5) is 27.6. The number of hydrogen-bond acceptors (Lipinski definition) is 3. The van der Waals surface area contributed by atoms with Crippen LogP contribution >= 0.6 is 0 Å². The van der Waals surface area contributed by atoms with Gasteiger partial charge in [0, 0.05) is 26.2 Å². The predicted molar refractivity (Wildman–Crippen MR) is 93.6 cm³/mol. The van der Waals surface area contributed by atoms with Gasteiger partial charge >= 0.3 is 6.03 Å².